The minimum Gasteiger partial charge on any atom is -0.435 e. The third kappa shape index (κ3) is 7.31. The third-order valence-corrected chi connectivity index (χ3v) is 4.64. The minimum absolute atomic E-state index is 0. The number of halogens is 5. The molecule has 1 aromatic carbocycles. The van der Waals surface area contributed by atoms with Gasteiger partial charge in [-0.2, -0.15) is 17.6 Å². The van der Waals surface area contributed by atoms with Gasteiger partial charge in [0.25, 0.3) is 11.8 Å². The van der Waals surface area contributed by atoms with E-state index in [1.807, 2.05) is 0 Å². The van der Waals surface area contributed by atoms with Gasteiger partial charge in [-0.3, -0.25) is 0 Å². The van der Waals surface area contributed by atoms with E-state index < -0.39 is 46.6 Å². The molecular formula is C18H19F5N6O4S. The first-order valence-electron chi connectivity index (χ1n) is 8.91. The highest BCUT2D eigenvalue weighted by molar-refractivity contribution is 7.88. The minimum atomic E-state index is -3.67. The summed E-state index contributed by atoms with van der Waals surface area (Å²) in [4.78, 5) is 7.89. The lowest BCUT2D eigenvalue weighted by Crippen LogP contribution is -2.31. The average Bonchev–Trinajstić information content (AvgIpc) is 3.21. The molecule has 0 radical (unpaired) electrons. The Bertz CT molecular complexity index is 1190. The third-order valence-electron chi connectivity index (χ3n) is 3.95. The van der Waals surface area contributed by atoms with Crippen LogP contribution in [0.3, 0.4) is 0 Å². The van der Waals surface area contributed by atoms with Gasteiger partial charge >= 0.3 is 13.0 Å². The molecule has 16 heteroatoms. The molecular weight excluding hydrogens is 491 g/mol. The van der Waals surface area contributed by atoms with Crippen molar-refractivity contribution in [2.24, 2.45) is 0 Å². The van der Waals surface area contributed by atoms with Crippen LogP contribution in [-0.4, -0.2) is 48.0 Å². The van der Waals surface area contributed by atoms with Crippen LogP contribution >= 0.6 is 0 Å². The smallest absolute Gasteiger partial charge is 0.387 e. The molecule has 0 fully saturated rings. The summed E-state index contributed by atoms with van der Waals surface area (Å²) in [6, 6.07) is 1.87. The van der Waals surface area contributed by atoms with E-state index in [-0.39, 0.29) is 36.9 Å². The second-order valence-corrected chi connectivity index (χ2v) is 8.25. The van der Waals surface area contributed by atoms with Crippen molar-refractivity contribution in [1.82, 2.24) is 24.9 Å². The molecule has 3 rings (SSSR count). The highest BCUT2D eigenvalue weighted by atomic mass is 32.2. The number of hydrogen-bond donors (Lipinski definition) is 2. The number of nitrogens with one attached hydrogen (secondary N) is 2. The van der Waals surface area contributed by atoms with Crippen LogP contribution in [0.2, 0.25) is 0 Å². The number of sulfonamides is 1. The summed E-state index contributed by atoms with van der Waals surface area (Å²) in [5, 5.41) is 9.34. The zero-order valence-electron chi connectivity index (χ0n) is 16.5. The van der Waals surface area contributed by atoms with Crippen LogP contribution in [-0.2, 0) is 10.0 Å². The van der Waals surface area contributed by atoms with Gasteiger partial charge in [-0.05, 0) is 6.07 Å². The Hall–Kier alpha value is -3.40. The fourth-order valence-electron chi connectivity index (χ4n) is 2.55. The first-order chi connectivity index (χ1) is 15.5. The highest BCUT2D eigenvalue weighted by Gasteiger charge is 2.21. The maximum Gasteiger partial charge on any atom is 0.387 e. The summed E-state index contributed by atoms with van der Waals surface area (Å²) in [6.07, 6.45) is 0.261. The quantitative estimate of drug-likeness (QED) is 0.393. The number of alkyl halides is 4. The zero-order chi connectivity index (χ0) is 24.2. The van der Waals surface area contributed by atoms with E-state index in [0.29, 0.717) is 0 Å². The van der Waals surface area contributed by atoms with Crippen molar-refractivity contribution in [2.75, 3.05) is 18.1 Å². The van der Waals surface area contributed by atoms with Gasteiger partial charge in [-0.1, -0.05) is 13.5 Å². The van der Waals surface area contributed by atoms with E-state index in [0.717, 1.165) is 36.8 Å². The average molecular weight is 510 g/mol. The lowest BCUT2D eigenvalue weighted by molar-refractivity contribution is -0.0500. The standard InChI is InChI=1S/C17H15F5N6O4S.CH4/c1-33(29,30)25-7-12(10-3-2-9(4-11(10)18)31-16(21)22)26-17-23-5-8(6-24-17)14-27-28-15(32-14)13(19)20;/h2-6,12-13,16,25H,7H2,1H3,(H,23,24,26);1H4. The number of hydrogen-bond acceptors (Lipinski definition) is 9. The van der Waals surface area contributed by atoms with E-state index in [9.17, 15) is 30.4 Å². The lowest BCUT2D eigenvalue weighted by Gasteiger charge is -2.20. The molecule has 186 valence electrons. The van der Waals surface area contributed by atoms with Crippen LogP contribution in [0.1, 0.15) is 31.3 Å². The van der Waals surface area contributed by atoms with E-state index in [1.54, 1.807) is 0 Å². The topological polar surface area (TPSA) is 132 Å². The summed E-state index contributed by atoms with van der Waals surface area (Å²) in [6.45, 7) is -3.50. The Balaban J connectivity index is 0.00000408. The molecule has 1 atom stereocenters. The highest BCUT2D eigenvalue weighted by Crippen LogP contribution is 2.26. The van der Waals surface area contributed by atoms with Gasteiger partial charge in [0.2, 0.25) is 16.0 Å². The number of anilines is 1. The van der Waals surface area contributed by atoms with Crippen LogP contribution < -0.4 is 14.8 Å². The van der Waals surface area contributed by atoms with E-state index in [4.69, 9.17) is 4.42 Å². The van der Waals surface area contributed by atoms with Gasteiger partial charge in [0.1, 0.15) is 11.6 Å². The summed E-state index contributed by atoms with van der Waals surface area (Å²) in [5.74, 6) is -2.62. The molecule has 2 N–H and O–H groups in total. The fraction of sp³-hybridized carbons (Fsp3) is 0.333. The van der Waals surface area contributed by atoms with Crippen molar-refractivity contribution in [3.63, 3.8) is 0 Å². The van der Waals surface area contributed by atoms with Crippen molar-refractivity contribution < 1.29 is 39.5 Å². The Morgan fingerprint density at radius 3 is 2.32 bits per heavy atom. The predicted octanol–water partition coefficient (Wildman–Crippen LogP) is 3.54. The Morgan fingerprint density at radius 1 is 1.12 bits per heavy atom. The zero-order valence-corrected chi connectivity index (χ0v) is 17.4. The molecule has 1 unspecified atom stereocenters. The summed E-state index contributed by atoms with van der Waals surface area (Å²) in [5.41, 5.74) is 0.0179. The summed E-state index contributed by atoms with van der Waals surface area (Å²) in [7, 11) is -3.67. The molecule has 0 saturated heterocycles. The summed E-state index contributed by atoms with van der Waals surface area (Å²) < 4.78 is 98.5. The molecule has 3 aromatic rings. The SMILES string of the molecule is C.CS(=O)(=O)NCC(Nc1ncc(-c2nnc(C(F)F)o2)cn1)c1ccc(OC(F)F)cc1F. The van der Waals surface area contributed by atoms with Gasteiger partial charge < -0.3 is 14.5 Å². The summed E-state index contributed by atoms with van der Waals surface area (Å²) >= 11 is 0. The Morgan fingerprint density at radius 2 is 1.79 bits per heavy atom. The second-order valence-electron chi connectivity index (χ2n) is 6.42. The molecule has 2 heterocycles. The van der Waals surface area contributed by atoms with Crippen molar-refractivity contribution in [2.45, 2.75) is 26.5 Å². The van der Waals surface area contributed by atoms with Crippen LogP contribution in [0.4, 0.5) is 27.9 Å². The van der Waals surface area contributed by atoms with Crippen molar-refractivity contribution in [3.8, 4) is 17.2 Å². The Labute approximate surface area is 190 Å². The molecule has 0 saturated carbocycles. The molecule has 0 aliphatic heterocycles. The number of ether oxygens (including phenoxy) is 1. The normalized spacial score (nSPS) is 12.5. The maximum absolute atomic E-state index is 14.6. The molecule has 0 bridgehead atoms. The lowest BCUT2D eigenvalue weighted by atomic mass is 10.1. The van der Waals surface area contributed by atoms with Gasteiger partial charge in [-0.25, -0.2) is 27.5 Å². The van der Waals surface area contributed by atoms with Crippen LogP contribution in [0, 0.1) is 5.82 Å². The maximum atomic E-state index is 14.6. The second kappa shape index (κ2) is 11.1. The van der Waals surface area contributed by atoms with Gasteiger partial charge in [0.15, 0.2) is 0 Å². The van der Waals surface area contributed by atoms with Crippen LogP contribution in [0.5, 0.6) is 5.75 Å². The first-order valence-corrected chi connectivity index (χ1v) is 10.8. The first kappa shape index (κ1) is 26.8. The number of rotatable bonds is 10. The fourth-order valence-corrected chi connectivity index (χ4v) is 3.02. The molecule has 0 amide bonds. The molecule has 0 aliphatic rings. The van der Waals surface area contributed by atoms with Crippen LogP contribution in [0.25, 0.3) is 11.5 Å². The number of benzene rings is 1. The molecule has 10 nitrogen and oxygen atoms in total. The van der Waals surface area contributed by atoms with Crippen molar-refractivity contribution in [3.05, 3.63) is 47.9 Å². The number of nitrogens with zero attached hydrogens (tertiary/aromatic N) is 4. The van der Waals surface area contributed by atoms with Crippen molar-refractivity contribution >= 4 is 16.0 Å². The van der Waals surface area contributed by atoms with E-state index in [2.05, 4.69) is 34.9 Å². The van der Waals surface area contributed by atoms with Gasteiger partial charge in [0.05, 0.1) is 17.9 Å². The molecule has 34 heavy (non-hydrogen) atoms. The van der Waals surface area contributed by atoms with Crippen LogP contribution in [0.15, 0.2) is 35.0 Å². The monoisotopic (exact) mass is 510 g/mol. The Kier molecular flexibility index (Phi) is 8.80. The molecule has 2 aromatic heterocycles. The molecule has 0 spiro atoms. The van der Waals surface area contributed by atoms with Crippen molar-refractivity contribution in [1.29, 1.82) is 0 Å². The largest absolute Gasteiger partial charge is 0.435 e. The predicted molar refractivity (Wildman–Crippen MR) is 109 cm³/mol. The van der Waals surface area contributed by atoms with Gasteiger partial charge in [-0.15, -0.1) is 10.2 Å². The van der Waals surface area contributed by atoms with E-state index >= 15 is 0 Å². The molecule has 0 aliphatic carbocycles. The number of aromatic nitrogens is 4. The van der Waals surface area contributed by atoms with Gasteiger partial charge in [0, 0.05) is 30.6 Å². The van der Waals surface area contributed by atoms with E-state index in [1.165, 1.54) is 0 Å².